The third-order valence-electron chi connectivity index (χ3n) is 7.21. The lowest BCUT2D eigenvalue weighted by Gasteiger charge is -2.51. The number of pyridine rings is 1. The number of carbonyl (C=O) groups excluding carboxylic acids is 2. The minimum Gasteiger partial charge on any atom is -0.350 e. The summed E-state index contributed by atoms with van der Waals surface area (Å²) in [5.74, 6) is -0.938. The Hall–Kier alpha value is -3.24. The van der Waals surface area contributed by atoms with Gasteiger partial charge in [0.15, 0.2) is 0 Å². The highest BCUT2D eigenvalue weighted by molar-refractivity contribution is 7.89. The van der Waals surface area contributed by atoms with Gasteiger partial charge in [-0.25, -0.2) is 8.42 Å². The van der Waals surface area contributed by atoms with Crippen molar-refractivity contribution in [2.24, 2.45) is 5.41 Å². The zero-order valence-corrected chi connectivity index (χ0v) is 21.6. The third-order valence-corrected chi connectivity index (χ3v) is 9.01. The van der Waals surface area contributed by atoms with Gasteiger partial charge in [0.1, 0.15) is 6.04 Å². The Labute approximate surface area is 212 Å². The van der Waals surface area contributed by atoms with Gasteiger partial charge < -0.3 is 16.0 Å². The van der Waals surface area contributed by atoms with Crippen molar-refractivity contribution < 1.29 is 18.0 Å². The average Bonchev–Trinajstić information content (AvgIpc) is 2.83. The van der Waals surface area contributed by atoms with E-state index in [1.165, 1.54) is 24.5 Å². The molecular formula is C26H33N5O4S. The maximum absolute atomic E-state index is 13.5. The van der Waals surface area contributed by atoms with Crippen molar-refractivity contribution >= 4 is 21.8 Å². The summed E-state index contributed by atoms with van der Waals surface area (Å²) < 4.78 is 27.7. The lowest BCUT2D eigenvalue weighted by Crippen LogP contribution is -2.66. The summed E-state index contributed by atoms with van der Waals surface area (Å²) in [6.07, 6.45) is 5.19. The topological polar surface area (TPSA) is 121 Å². The number of amides is 2. The molecule has 0 spiro atoms. The Morgan fingerprint density at radius 3 is 2.61 bits per heavy atom. The Balaban J connectivity index is 1.60. The van der Waals surface area contributed by atoms with Crippen LogP contribution in [0.2, 0.25) is 0 Å². The van der Waals surface area contributed by atoms with Crippen LogP contribution in [0, 0.1) is 12.3 Å². The number of nitrogens with zero attached hydrogens (tertiary/aromatic N) is 2. The molecule has 9 nitrogen and oxygen atoms in total. The van der Waals surface area contributed by atoms with Gasteiger partial charge in [-0.3, -0.25) is 18.9 Å². The van der Waals surface area contributed by atoms with E-state index in [1.807, 2.05) is 25.1 Å². The molecule has 2 aromatic rings. The summed E-state index contributed by atoms with van der Waals surface area (Å²) in [6, 6.07) is 10.9. The molecule has 36 heavy (non-hydrogen) atoms. The molecule has 1 aromatic heterocycles. The van der Waals surface area contributed by atoms with E-state index < -0.39 is 27.5 Å². The average molecular weight is 512 g/mol. The first-order valence-corrected chi connectivity index (χ1v) is 13.5. The van der Waals surface area contributed by atoms with Gasteiger partial charge in [0.25, 0.3) is 10.0 Å². The highest BCUT2D eigenvalue weighted by Gasteiger charge is 2.48. The Bertz CT molecular complexity index is 1240. The van der Waals surface area contributed by atoms with Crippen LogP contribution in [0.1, 0.15) is 37.9 Å². The van der Waals surface area contributed by atoms with E-state index in [4.69, 9.17) is 0 Å². The molecule has 1 aromatic carbocycles. The molecule has 2 atom stereocenters. The van der Waals surface area contributed by atoms with Crippen LogP contribution in [0.5, 0.6) is 0 Å². The number of sulfonamides is 1. The van der Waals surface area contributed by atoms with E-state index >= 15 is 0 Å². The highest BCUT2D eigenvalue weighted by atomic mass is 32.2. The molecule has 192 valence electrons. The molecule has 0 saturated carbocycles. The molecular weight excluding hydrogens is 478 g/mol. The van der Waals surface area contributed by atoms with E-state index in [0.717, 1.165) is 22.1 Å². The zero-order chi connectivity index (χ0) is 26.0. The largest absolute Gasteiger partial charge is 0.350 e. The van der Waals surface area contributed by atoms with E-state index in [1.54, 1.807) is 18.3 Å². The summed E-state index contributed by atoms with van der Waals surface area (Å²) >= 11 is 0. The fourth-order valence-corrected chi connectivity index (χ4v) is 6.34. The molecule has 0 unspecified atom stereocenters. The van der Waals surface area contributed by atoms with Crippen LogP contribution in [-0.4, -0.2) is 54.2 Å². The molecule has 2 aliphatic heterocycles. The van der Waals surface area contributed by atoms with Gasteiger partial charge in [-0.05, 0) is 44.2 Å². The van der Waals surface area contributed by atoms with Crippen LogP contribution >= 0.6 is 0 Å². The minimum absolute atomic E-state index is 0.0592. The van der Waals surface area contributed by atoms with Crippen LogP contribution < -0.4 is 16.0 Å². The predicted molar refractivity (Wildman–Crippen MR) is 136 cm³/mol. The van der Waals surface area contributed by atoms with Crippen molar-refractivity contribution in [3.63, 3.8) is 0 Å². The minimum atomic E-state index is -4.04. The number of aromatic nitrogens is 1. The molecule has 2 aliphatic rings. The first-order chi connectivity index (χ1) is 17.0. The van der Waals surface area contributed by atoms with Crippen molar-refractivity contribution in [2.75, 3.05) is 13.1 Å². The maximum atomic E-state index is 13.5. The maximum Gasteiger partial charge on any atom is 0.264 e. The molecule has 4 rings (SSSR count). The number of nitrogens with one attached hydrogen (secondary N) is 3. The quantitative estimate of drug-likeness (QED) is 0.522. The standard InChI is InChI=1S/C26H33N5O4S/c1-19-7-9-21(10-8-19)36(34,35)31-15-14-29-24(33)22(31)16-23(32)30-26(11-13-27-18-25(26,2)3)17-20-6-4-5-12-28-20/h4-10,12,14-15,22,27H,11,13,16-18H2,1-3H3,(H,29,33)(H,30,32)/t22-,26-/m1/s1. The fourth-order valence-electron chi connectivity index (χ4n) is 4.89. The molecule has 3 heterocycles. The van der Waals surface area contributed by atoms with E-state index in [0.29, 0.717) is 19.4 Å². The SMILES string of the molecule is Cc1ccc(S(=O)(=O)N2C=CNC(=O)[C@H]2CC(=O)N[C@@]2(Cc3ccccn3)CCNCC2(C)C)cc1. The second kappa shape index (κ2) is 10.0. The second-order valence-electron chi connectivity index (χ2n) is 10.1. The predicted octanol–water partition coefficient (Wildman–Crippen LogP) is 1.86. The number of carbonyl (C=O) groups is 2. The van der Waals surface area contributed by atoms with E-state index in [2.05, 4.69) is 34.8 Å². The first kappa shape index (κ1) is 25.8. The van der Waals surface area contributed by atoms with Gasteiger partial charge >= 0.3 is 0 Å². The van der Waals surface area contributed by atoms with Crippen molar-refractivity contribution in [3.8, 4) is 0 Å². The van der Waals surface area contributed by atoms with Crippen molar-refractivity contribution in [2.45, 2.75) is 56.5 Å². The summed E-state index contributed by atoms with van der Waals surface area (Å²) in [5, 5.41) is 9.15. The van der Waals surface area contributed by atoms with Gasteiger partial charge in [0.05, 0.1) is 16.9 Å². The Morgan fingerprint density at radius 2 is 1.94 bits per heavy atom. The van der Waals surface area contributed by atoms with Crippen molar-refractivity contribution in [3.05, 3.63) is 72.3 Å². The normalized spacial score (nSPS) is 23.7. The molecule has 0 radical (unpaired) electrons. The summed E-state index contributed by atoms with van der Waals surface area (Å²) in [6.45, 7) is 7.46. The molecule has 10 heteroatoms. The van der Waals surface area contributed by atoms with Crippen LogP contribution in [-0.2, 0) is 26.0 Å². The molecule has 0 aliphatic carbocycles. The van der Waals surface area contributed by atoms with Gasteiger partial charge in [0, 0.05) is 42.7 Å². The van der Waals surface area contributed by atoms with Crippen molar-refractivity contribution in [1.29, 1.82) is 0 Å². The number of rotatable bonds is 7. The number of piperidine rings is 1. The number of hydrogen-bond acceptors (Lipinski definition) is 6. The molecule has 1 fully saturated rings. The highest BCUT2D eigenvalue weighted by Crippen LogP contribution is 2.38. The van der Waals surface area contributed by atoms with Crippen LogP contribution in [0.4, 0.5) is 0 Å². The van der Waals surface area contributed by atoms with Crippen LogP contribution in [0.15, 0.2) is 66.0 Å². The van der Waals surface area contributed by atoms with Gasteiger partial charge in [-0.2, -0.15) is 0 Å². The molecule has 0 bridgehead atoms. The molecule has 2 amide bonds. The molecule has 1 saturated heterocycles. The number of aryl methyl sites for hydroxylation is 1. The van der Waals surface area contributed by atoms with E-state index in [-0.39, 0.29) is 22.6 Å². The van der Waals surface area contributed by atoms with Crippen LogP contribution in [0.25, 0.3) is 0 Å². The summed E-state index contributed by atoms with van der Waals surface area (Å²) in [4.78, 5) is 30.8. The van der Waals surface area contributed by atoms with Crippen LogP contribution in [0.3, 0.4) is 0 Å². The molecule has 3 N–H and O–H groups in total. The van der Waals surface area contributed by atoms with Crippen molar-refractivity contribution in [1.82, 2.24) is 25.2 Å². The van der Waals surface area contributed by atoms with Gasteiger partial charge in [-0.15, -0.1) is 0 Å². The summed E-state index contributed by atoms with van der Waals surface area (Å²) in [7, 11) is -4.04. The smallest absolute Gasteiger partial charge is 0.264 e. The Morgan fingerprint density at radius 1 is 1.19 bits per heavy atom. The second-order valence-corrected chi connectivity index (χ2v) is 12.0. The first-order valence-electron chi connectivity index (χ1n) is 12.0. The summed E-state index contributed by atoms with van der Waals surface area (Å²) in [5.41, 5.74) is 0.834. The number of benzene rings is 1. The van der Waals surface area contributed by atoms with Gasteiger partial charge in [-0.1, -0.05) is 37.6 Å². The monoisotopic (exact) mass is 511 g/mol. The Kier molecular flexibility index (Phi) is 7.19. The zero-order valence-electron chi connectivity index (χ0n) is 20.8. The van der Waals surface area contributed by atoms with E-state index in [9.17, 15) is 18.0 Å². The third kappa shape index (κ3) is 5.15. The lowest BCUT2D eigenvalue weighted by molar-refractivity contribution is -0.131. The fraction of sp³-hybridized carbons (Fsp3) is 0.423. The number of hydrogen-bond donors (Lipinski definition) is 3. The lowest BCUT2D eigenvalue weighted by atomic mass is 9.65. The van der Waals surface area contributed by atoms with Gasteiger partial charge in [0.2, 0.25) is 11.8 Å².